The van der Waals surface area contributed by atoms with E-state index >= 15 is 0 Å². The smallest absolute Gasteiger partial charge is 0.0603 e. The van der Waals surface area contributed by atoms with E-state index in [4.69, 9.17) is 34.8 Å². The Morgan fingerprint density at radius 2 is 1.73 bits per heavy atom. The van der Waals surface area contributed by atoms with E-state index in [2.05, 4.69) is 15.9 Å². The van der Waals surface area contributed by atoms with Crippen molar-refractivity contribution >= 4 is 50.7 Å². The number of rotatable bonds is 1. The fraction of sp³-hybridized carbons (Fsp3) is 0.143. The van der Waals surface area contributed by atoms with Gasteiger partial charge in [0.05, 0.1) is 10.0 Å². The molecular formula is C7H4BrCl3. The first-order chi connectivity index (χ1) is 5.15. The Hall–Kier alpha value is 0.570. The van der Waals surface area contributed by atoms with Gasteiger partial charge in [0.2, 0.25) is 0 Å². The van der Waals surface area contributed by atoms with Gasteiger partial charge in [-0.3, -0.25) is 0 Å². The molecule has 4 heteroatoms. The minimum absolute atomic E-state index is 0.428. The lowest BCUT2D eigenvalue weighted by Crippen LogP contribution is -1.80. The second-order valence-corrected chi connectivity index (χ2v) is 3.93. The molecule has 0 N–H and O–H groups in total. The number of halogens is 4. The van der Waals surface area contributed by atoms with Crippen molar-refractivity contribution in [1.82, 2.24) is 0 Å². The Balaban J connectivity index is 3.21. The molecule has 0 saturated heterocycles. The van der Waals surface area contributed by atoms with Gasteiger partial charge in [0.1, 0.15) is 0 Å². The third-order valence-electron chi connectivity index (χ3n) is 1.23. The molecule has 0 aliphatic heterocycles. The fourth-order valence-electron chi connectivity index (χ4n) is 0.666. The van der Waals surface area contributed by atoms with Gasteiger partial charge in [-0.05, 0) is 17.7 Å². The van der Waals surface area contributed by atoms with E-state index in [-0.39, 0.29) is 0 Å². The summed E-state index contributed by atoms with van der Waals surface area (Å²) in [7, 11) is 0. The third-order valence-corrected chi connectivity index (χ3v) is 2.98. The summed E-state index contributed by atoms with van der Waals surface area (Å²) in [5.41, 5.74) is 0.945. The van der Waals surface area contributed by atoms with Crippen molar-refractivity contribution in [3.8, 4) is 0 Å². The van der Waals surface area contributed by atoms with Crippen LogP contribution in [0, 0.1) is 0 Å². The molecule has 0 nitrogen and oxygen atoms in total. The van der Waals surface area contributed by atoms with Gasteiger partial charge < -0.3 is 0 Å². The summed E-state index contributed by atoms with van der Waals surface area (Å²) in [6.07, 6.45) is 0. The molecule has 0 aliphatic rings. The lowest BCUT2D eigenvalue weighted by atomic mass is 10.2. The van der Waals surface area contributed by atoms with Crippen molar-refractivity contribution in [3.05, 3.63) is 32.2 Å². The summed E-state index contributed by atoms with van der Waals surface area (Å²) >= 11 is 20.4. The van der Waals surface area contributed by atoms with E-state index in [9.17, 15) is 0 Å². The molecule has 0 unspecified atom stereocenters. The third kappa shape index (κ3) is 2.25. The van der Waals surface area contributed by atoms with E-state index in [0.29, 0.717) is 15.9 Å². The van der Waals surface area contributed by atoms with Crippen LogP contribution in [0.4, 0.5) is 0 Å². The molecule has 60 valence electrons. The molecule has 0 aliphatic carbocycles. The lowest BCUT2D eigenvalue weighted by molar-refractivity contribution is 1.37. The standard InChI is InChI=1S/C7H4BrCl3/c8-5-2-7(11)6(10)1-4(5)3-9/h1-2H,3H2. The minimum Gasteiger partial charge on any atom is -0.122 e. The summed E-state index contributed by atoms with van der Waals surface area (Å²) < 4.78 is 0.891. The van der Waals surface area contributed by atoms with Crippen molar-refractivity contribution in [2.24, 2.45) is 0 Å². The predicted octanol–water partition coefficient (Wildman–Crippen LogP) is 4.49. The molecule has 1 aromatic rings. The molecule has 0 atom stereocenters. The maximum absolute atomic E-state index is 5.75. The zero-order valence-electron chi connectivity index (χ0n) is 5.37. The van der Waals surface area contributed by atoms with Gasteiger partial charge in [0, 0.05) is 10.4 Å². The maximum atomic E-state index is 5.75. The number of alkyl halides is 1. The van der Waals surface area contributed by atoms with Crippen LogP contribution in [0.3, 0.4) is 0 Å². The van der Waals surface area contributed by atoms with Crippen molar-refractivity contribution in [2.75, 3.05) is 0 Å². The Bertz CT molecular complexity index is 273. The molecule has 11 heavy (non-hydrogen) atoms. The Labute approximate surface area is 88.6 Å². The number of benzene rings is 1. The highest BCUT2D eigenvalue weighted by molar-refractivity contribution is 9.10. The van der Waals surface area contributed by atoms with Crippen LogP contribution in [0.1, 0.15) is 5.56 Å². The molecule has 0 spiro atoms. The largest absolute Gasteiger partial charge is 0.122 e. The Morgan fingerprint density at radius 1 is 1.18 bits per heavy atom. The summed E-state index contributed by atoms with van der Waals surface area (Å²) in [6.45, 7) is 0. The van der Waals surface area contributed by atoms with Crippen LogP contribution >= 0.6 is 50.7 Å². The van der Waals surface area contributed by atoms with E-state index in [1.54, 1.807) is 12.1 Å². The van der Waals surface area contributed by atoms with Crippen LogP contribution in [-0.4, -0.2) is 0 Å². The molecule has 0 aromatic heterocycles. The molecule has 0 amide bonds. The van der Waals surface area contributed by atoms with Crippen LogP contribution in [0.15, 0.2) is 16.6 Å². The van der Waals surface area contributed by atoms with Crippen molar-refractivity contribution in [3.63, 3.8) is 0 Å². The molecule has 0 radical (unpaired) electrons. The first-order valence-electron chi connectivity index (χ1n) is 2.84. The van der Waals surface area contributed by atoms with Crippen LogP contribution < -0.4 is 0 Å². The molecule has 1 aromatic carbocycles. The highest BCUT2D eigenvalue weighted by atomic mass is 79.9. The average molecular weight is 274 g/mol. The van der Waals surface area contributed by atoms with Gasteiger partial charge >= 0.3 is 0 Å². The first-order valence-corrected chi connectivity index (χ1v) is 4.93. The first kappa shape index (κ1) is 9.66. The van der Waals surface area contributed by atoms with Gasteiger partial charge in [0.15, 0.2) is 0 Å². The van der Waals surface area contributed by atoms with Crippen molar-refractivity contribution < 1.29 is 0 Å². The van der Waals surface area contributed by atoms with Gasteiger partial charge in [-0.15, -0.1) is 11.6 Å². The molecule has 0 heterocycles. The van der Waals surface area contributed by atoms with Crippen LogP contribution in [0.25, 0.3) is 0 Å². The maximum Gasteiger partial charge on any atom is 0.0603 e. The van der Waals surface area contributed by atoms with Crippen LogP contribution in [0.5, 0.6) is 0 Å². The van der Waals surface area contributed by atoms with Gasteiger partial charge in [-0.2, -0.15) is 0 Å². The molecular weight excluding hydrogens is 270 g/mol. The normalized spacial score (nSPS) is 10.2. The molecule has 0 fully saturated rings. The van der Waals surface area contributed by atoms with Crippen molar-refractivity contribution in [2.45, 2.75) is 5.88 Å². The Morgan fingerprint density at radius 3 is 2.27 bits per heavy atom. The second-order valence-electron chi connectivity index (χ2n) is 1.99. The monoisotopic (exact) mass is 272 g/mol. The molecule has 0 saturated carbocycles. The zero-order valence-corrected chi connectivity index (χ0v) is 9.23. The predicted molar refractivity (Wildman–Crippen MR) is 53.7 cm³/mol. The molecule has 1 rings (SSSR count). The van der Waals surface area contributed by atoms with E-state index in [1.165, 1.54) is 0 Å². The summed E-state index contributed by atoms with van der Waals surface area (Å²) in [5, 5.41) is 1.07. The quantitative estimate of drug-likeness (QED) is 0.522. The van der Waals surface area contributed by atoms with E-state index < -0.39 is 0 Å². The van der Waals surface area contributed by atoms with Crippen LogP contribution in [-0.2, 0) is 5.88 Å². The zero-order chi connectivity index (χ0) is 8.43. The summed E-state index contributed by atoms with van der Waals surface area (Å²) in [5.74, 6) is 0.428. The Kier molecular flexibility index (Phi) is 3.51. The second kappa shape index (κ2) is 3.99. The van der Waals surface area contributed by atoms with Gasteiger partial charge in [-0.25, -0.2) is 0 Å². The average Bonchev–Trinajstić information content (AvgIpc) is 1.97. The van der Waals surface area contributed by atoms with Crippen LogP contribution in [0.2, 0.25) is 10.0 Å². The highest BCUT2D eigenvalue weighted by Crippen LogP contribution is 2.29. The lowest BCUT2D eigenvalue weighted by Gasteiger charge is -2.01. The van der Waals surface area contributed by atoms with E-state index in [1.807, 2.05) is 0 Å². The minimum atomic E-state index is 0.428. The number of hydrogen-bond acceptors (Lipinski definition) is 0. The topological polar surface area (TPSA) is 0 Å². The SMILES string of the molecule is ClCc1cc(Cl)c(Cl)cc1Br. The van der Waals surface area contributed by atoms with Gasteiger partial charge in [0.25, 0.3) is 0 Å². The van der Waals surface area contributed by atoms with E-state index in [0.717, 1.165) is 10.0 Å². The van der Waals surface area contributed by atoms with Gasteiger partial charge in [-0.1, -0.05) is 39.1 Å². The highest BCUT2D eigenvalue weighted by Gasteiger charge is 2.03. The summed E-state index contributed by atoms with van der Waals surface area (Å²) in [4.78, 5) is 0. The fourth-order valence-corrected chi connectivity index (χ4v) is 2.01. The summed E-state index contributed by atoms with van der Waals surface area (Å²) in [6, 6.07) is 3.49. The number of hydrogen-bond donors (Lipinski definition) is 0. The molecule has 0 bridgehead atoms. The van der Waals surface area contributed by atoms with Crippen molar-refractivity contribution in [1.29, 1.82) is 0 Å².